The first kappa shape index (κ1) is 22.3. The summed E-state index contributed by atoms with van der Waals surface area (Å²) in [4.78, 5) is 19.5. The molecule has 0 saturated carbocycles. The molecule has 3 rings (SSSR count). The summed E-state index contributed by atoms with van der Waals surface area (Å²) >= 11 is 6.29. The first-order valence-corrected chi connectivity index (χ1v) is 10.3. The number of hydrogen-bond acceptors (Lipinski definition) is 5. The van der Waals surface area contributed by atoms with Crippen LogP contribution >= 0.6 is 11.6 Å². The lowest BCUT2D eigenvalue weighted by molar-refractivity contribution is -0.124. The number of nitrogens with zero attached hydrogens (tertiary/aromatic N) is 3. The Kier molecular flexibility index (Phi) is 6.81. The minimum absolute atomic E-state index is 0.120. The summed E-state index contributed by atoms with van der Waals surface area (Å²) in [6.07, 6.45) is 4.14. The normalized spacial score (nSPS) is 12.7. The molecule has 6 nitrogen and oxygen atoms in total. The Morgan fingerprint density at radius 2 is 2.03 bits per heavy atom. The lowest BCUT2D eigenvalue weighted by Crippen LogP contribution is -2.40. The van der Waals surface area contributed by atoms with Gasteiger partial charge in [0.1, 0.15) is 11.4 Å². The molecule has 0 aliphatic carbocycles. The number of Topliss-reactive ketones (excluding diaryl/α,β-unsaturated/α-hetero) is 1. The monoisotopic (exact) mass is 429 g/mol. The van der Waals surface area contributed by atoms with Crippen LogP contribution in [0.5, 0.6) is 5.75 Å². The first-order chi connectivity index (χ1) is 14.2. The Morgan fingerprint density at radius 1 is 1.30 bits per heavy atom. The van der Waals surface area contributed by atoms with Gasteiger partial charge in [-0.3, -0.25) is 9.69 Å². The molecule has 7 heteroatoms. The lowest BCUT2D eigenvalue weighted by Gasteiger charge is -2.26. The molecule has 0 radical (unpaired) electrons. The number of benzene rings is 1. The molecule has 3 aromatic rings. The van der Waals surface area contributed by atoms with Crippen molar-refractivity contribution in [1.29, 1.82) is 0 Å². The van der Waals surface area contributed by atoms with Crippen molar-refractivity contribution >= 4 is 23.0 Å². The third-order valence-electron chi connectivity index (χ3n) is 5.24. The second-order valence-corrected chi connectivity index (χ2v) is 8.43. The minimum atomic E-state index is -0.155. The summed E-state index contributed by atoms with van der Waals surface area (Å²) in [6, 6.07) is 7.22. The molecule has 0 aliphatic rings. The average Bonchev–Trinajstić information content (AvgIpc) is 3.10. The number of aromatic nitrogens is 2. The number of hydrogen-bond donors (Lipinski definition) is 1. The van der Waals surface area contributed by atoms with Gasteiger partial charge in [0.2, 0.25) is 0 Å². The molecular weight excluding hydrogens is 402 g/mol. The fourth-order valence-corrected chi connectivity index (χ4v) is 4.19. The van der Waals surface area contributed by atoms with Crippen molar-refractivity contribution < 1.29 is 14.6 Å². The number of carbonyl (C=O) groups is 1. The third-order valence-corrected chi connectivity index (χ3v) is 5.54. The van der Waals surface area contributed by atoms with Crippen LogP contribution in [-0.4, -0.2) is 52.4 Å². The highest BCUT2D eigenvalue weighted by Gasteiger charge is 2.24. The van der Waals surface area contributed by atoms with Gasteiger partial charge in [0.25, 0.3) is 0 Å². The quantitative estimate of drug-likeness (QED) is 0.589. The average molecular weight is 430 g/mol. The fraction of sp³-hybridized carbons (Fsp3) is 0.391. The van der Waals surface area contributed by atoms with E-state index in [4.69, 9.17) is 21.3 Å². The maximum Gasteiger partial charge on any atom is 0.154 e. The second kappa shape index (κ2) is 9.16. The van der Waals surface area contributed by atoms with Crippen LogP contribution in [-0.2, 0) is 17.8 Å². The van der Waals surface area contributed by atoms with E-state index >= 15 is 0 Å². The van der Waals surface area contributed by atoms with E-state index in [1.165, 1.54) is 7.11 Å². The Balaban J connectivity index is 1.94. The van der Waals surface area contributed by atoms with E-state index in [0.29, 0.717) is 28.5 Å². The number of ether oxygens (including phenoxy) is 1. The number of rotatable bonds is 8. The Labute approximate surface area is 182 Å². The number of methoxy groups -OCH3 is 1. The Morgan fingerprint density at radius 3 is 2.63 bits per heavy atom. The Hall–Kier alpha value is -2.41. The summed E-state index contributed by atoms with van der Waals surface area (Å²) in [7, 11) is 5.41. The minimum Gasteiger partial charge on any atom is -0.495 e. The highest BCUT2D eigenvalue weighted by molar-refractivity contribution is 6.32. The summed E-state index contributed by atoms with van der Waals surface area (Å²) in [6.45, 7) is 3.97. The van der Waals surface area contributed by atoms with Gasteiger partial charge in [0, 0.05) is 24.4 Å². The molecule has 0 aliphatic heterocycles. The van der Waals surface area contributed by atoms with Crippen molar-refractivity contribution in [2.45, 2.75) is 32.9 Å². The predicted octanol–water partition coefficient (Wildman–Crippen LogP) is 3.85. The van der Waals surface area contributed by atoms with Gasteiger partial charge >= 0.3 is 0 Å². The van der Waals surface area contributed by atoms with Gasteiger partial charge in [-0.25, -0.2) is 4.98 Å². The zero-order chi connectivity index (χ0) is 22.0. The van der Waals surface area contributed by atoms with Gasteiger partial charge in [-0.2, -0.15) is 0 Å². The van der Waals surface area contributed by atoms with E-state index < -0.39 is 0 Å². The molecule has 0 saturated heterocycles. The number of imidazole rings is 1. The van der Waals surface area contributed by atoms with Crippen LogP contribution in [0.2, 0.25) is 5.02 Å². The van der Waals surface area contributed by atoms with Crippen molar-refractivity contribution in [2.24, 2.45) is 5.92 Å². The summed E-state index contributed by atoms with van der Waals surface area (Å²) in [5, 5.41) is 10.2. The molecule has 2 aromatic heterocycles. The molecule has 0 amide bonds. The Bertz CT molecular complexity index is 1050. The van der Waals surface area contributed by atoms with Crippen LogP contribution in [0.25, 0.3) is 16.9 Å². The van der Waals surface area contributed by atoms with Crippen LogP contribution in [0.15, 0.2) is 36.7 Å². The fourth-order valence-electron chi connectivity index (χ4n) is 3.95. The highest BCUT2D eigenvalue weighted by Crippen LogP contribution is 2.33. The highest BCUT2D eigenvalue weighted by atomic mass is 35.5. The molecule has 0 spiro atoms. The van der Waals surface area contributed by atoms with Gasteiger partial charge < -0.3 is 14.2 Å². The zero-order valence-electron chi connectivity index (χ0n) is 18.0. The molecule has 30 heavy (non-hydrogen) atoms. The number of aliphatic hydroxyl groups excluding tert-OH is 1. The molecule has 1 N–H and O–H groups in total. The summed E-state index contributed by atoms with van der Waals surface area (Å²) in [5.41, 5.74) is 3.78. The van der Waals surface area contributed by atoms with Crippen LogP contribution in [0.3, 0.4) is 0 Å². The van der Waals surface area contributed by atoms with Crippen LogP contribution in [0.1, 0.15) is 25.0 Å². The van der Waals surface area contributed by atoms with Crippen LogP contribution < -0.4 is 4.74 Å². The SMILES string of the molecule is COc1cc(CO)c(-c2cn3ccc(CC(=O)[C@H](C(C)C)N(C)C)cc3n2)cc1Cl. The topological polar surface area (TPSA) is 67.1 Å². The molecule has 160 valence electrons. The summed E-state index contributed by atoms with van der Waals surface area (Å²) < 4.78 is 7.14. The first-order valence-electron chi connectivity index (χ1n) is 9.89. The standard InChI is InChI=1S/C23H28ClN3O3/c1-14(2)23(26(3)4)20(29)8-15-6-7-27-12-19(25-22(27)9-15)17-11-18(24)21(30-5)10-16(17)13-28/h6-7,9-12,14,23,28H,8,13H2,1-5H3/t23-/m0/s1. The largest absolute Gasteiger partial charge is 0.495 e. The van der Waals surface area contributed by atoms with Gasteiger partial charge in [-0.05, 0) is 55.4 Å². The van der Waals surface area contributed by atoms with Gasteiger partial charge in [0.05, 0.1) is 30.5 Å². The third kappa shape index (κ3) is 4.51. The van der Waals surface area contributed by atoms with Crippen molar-refractivity contribution in [1.82, 2.24) is 14.3 Å². The van der Waals surface area contributed by atoms with Crippen molar-refractivity contribution in [3.63, 3.8) is 0 Å². The molecule has 0 bridgehead atoms. The van der Waals surface area contributed by atoms with Crippen molar-refractivity contribution in [3.8, 4) is 17.0 Å². The molecular formula is C23H28ClN3O3. The molecule has 1 aromatic carbocycles. The number of aliphatic hydroxyl groups is 1. The van der Waals surface area contributed by atoms with E-state index in [1.807, 2.05) is 47.9 Å². The number of halogens is 1. The van der Waals surface area contributed by atoms with Crippen molar-refractivity contribution in [2.75, 3.05) is 21.2 Å². The van der Waals surface area contributed by atoms with Gasteiger partial charge in [-0.1, -0.05) is 25.4 Å². The second-order valence-electron chi connectivity index (χ2n) is 8.02. The van der Waals surface area contributed by atoms with Crippen LogP contribution in [0, 0.1) is 5.92 Å². The number of ketones is 1. The van der Waals surface area contributed by atoms with E-state index in [0.717, 1.165) is 16.8 Å². The van der Waals surface area contributed by atoms with Gasteiger partial charge in [0.15, 0.2) is 5.78 Å². The maximum absolute atomic E-state index is 12.8. The summed E-state index contributed by atoms with van der Waals surface area (Å²) in [5.74, 6) is 0.941. The number of pyridine rings is 1. The maximum atomic E-state index is 12.8. The zero-order valence-corrected chi connectivity index (χ0v) is 18.8. The molecule has 0 fully saturated rings. The van der Waals surface area contributed by atoms with Gasteiger partial charge in [-0.15, -0.1) is 0 Å². The smallest absolute Gasteiger partial charge is 0.154 e. The molecule has 0 unspecified atom stereocenters. The van der Waals surface area contributed by atoms with Crippen LogP contribution in [0.4, 0.5) is 0 Å². The van der Waals surface area contributed by atoms with E-state index in [-0.39, 0.29) is 24.3 Å². The molecule has 2 heterocycles. The van der Waals surface area contributed by atoms with Crippen molar-refractivity contribution in [3.05, 3.63) is 52.8 Å². The van der Waals surface area contributed by atoms with E-state index in [9.17, 15) is 9.90 Å². The number of likely N-dealkylation sites (N-methyl/N-ethyl adjacent to an activating group) is 1. The lowest BCUT2D eigenvalue weighted by atomic mass is 9.95. The van der Waals surface area contributed by atoms with E-state index in [1.54, 1.807) is 12.1 Å². The predicted molar refractivity (Wildman–Crippen MR) is 119 cm³/mol. The number of carbonyl (C=O) groups excluding carboxylic acids is 1. The molecule has 1 atom stereocenters. The van der Waals surface area contributed by atoms with E-state index in [2.05, 4.69) is 13.8 Å². The number of fused-ring (bicyclic) bond motifs is 1.